The van der Waals surface area contributed by atoms with Crippen LogP contribution in [0.4, 0.5) is 10.6 Å². The number of hydrogen-bond donors (Lipinski definition) is 2. The van der Waals surface area contributed by atoms with Crippen LogP contribution in [0.1, 0.15) is 5.69 Å². The first-order valence-electron chi connectivity index (χ1n) is 7.46. The largest absolute Gasteiger partial charge is 0.337 e. The number of rotatable bonds is 5. The van der Waals surface area contributed by atoms with Crippen molar-refractivity contribution in [2.75, 3.05) is 11.9 Å². The number of benzene rings is 1. The van der Waals surface area contributed by atoms with Crippen LogP contribution in [0.5, 0.6) is 0 Å². The van der Waals surface area contributed by atoms with Gasteiger partial charge in [-0.15, -0.1) is 5.10 Å². The average molecular weight is 345 g/mol. The van der Waals surface area contributed by atoms with Gasteiger partial charge in [0.1, 0.15) is 0 Å². The van der Waals surface area contributed by atoms with Crippen molar-refractivity contribution in [3.63, 3.8) is 0 Å². The highest BCUT2D eigenvalue weighted by Gasteiger charge is 2.07. The Morgan fingerprint density at radius 3 is 2.83 bits per heavy atom. The summed E-state index contributed by atoms with van der Waals surface area (Å²) in [6.45, 7) is 0.511. The SMILES string of the molecule is Cn1nccc1CCNC(=O)Nc1ccn(-c2ccccc2Cl)n1. The lowest BCUT2D eigenvalue weighted by Crippen LogP contribution is -2.31. The molecule has 0 unspecified atom stereocenters. The zero-order chi connectivity index (χ0) is 16.9. The van der Waals surface area contributed by atoms with E-state index in [1.54, 1.807) is 33.9 Å². The van der Waals surface area contributed by atoms with Crippen LogP contribution in [0.15, 0.2) is 48.8 Å². The van der Waals surface area contributed by atoms with Crippen molar-refractivity contribution in [2.45, 2.75) is 6.42 Å². The molecule has 0 radical (unpaired) electrons. The number of para-hydroxylation sites is 1. The van der Waals surface area contributed by atoms with Crippen molar-refractivity contribution >= 4 is 23.4 Å². The van der Waals surface area contributed by atoms with Gasteiger partial charge in [0.2, 0.25) is 0 Å². The summed E-state index contributed by atoms with van der Waals surface area (Å²) >= 11 is 6.14. The molecule has 2 N–H and O–H groups in total. The molecule has 2 aromatic heterocycles. The molecule has 0 aliphatic rings. The Hall–Kier alpha value is -2.80. The number of nitrogens with zero attached hydrogens (tertiary/aromatic N) is 4. The Kier molecular flexibility index (Phi) is 4.81. The van der Waals surface area contributed by atoms with Crippen molar-refractivity contribution in [2.24, 2.45) is 7.05 Å². The number of carbonyl (C=O) groups excluding carboxylic acids is 1. The summed E-state index contributed by atoms with van der Waals surface area (Å²) < 4.78 is 3.40. The summed E-state index contributed by atoms with van der Waals surface area (Å²) in [6.07, 6.45) is 4.18. The molecule has 7 nitrogen and oxygen atoms in total. The zero-order valence-electron chi connectivity index (χ0n) is 13.1. The molecule has 0 saturated carbocycles. The number of carbonyl (C=O) groups is 1. The van der Waals surface area contributed by atoms with E-state index in [1.807, 2.05) is 31.3 Å². The Balaban J connectivity index is 1.54. The molecule has 3 rings (SSSR count). The molecule has 124 valence electrons. The summed E-state index contributed by atoms with van der Waals surface area (Å²) in [5.41, 5.74) is 1.81. The molecule has 2 amide bonds. The first kappa shape index (κ1) is 16.1. The predicted octanol–water partition coefficient (Wildman–Crippen LogP) is 2.62. The average Bonchev–Trinajstić information content (AvgIpc) is 3.17. The Morgan fingerprint density at radius 1 is 1.25 bits per heavy atom. The van der Waals surface area contributed by atoms with E-state index < -0.39 is 0 Å². The van der Waals surface area contributed by atoms with Crippen LogP contribution in [-0.2, 0) is 13.5 Å². The number of anilines is 1. The second-order valence-electron chi connectivity index (χ2n) is 5.17. The molecule has 0 atom stereocenters. The lowest BCUT2D eigenvalue weighted by molar-refractivity contribution is 0.252. The molecule has 24 heavy (non-hydrogen) atoms. The predicted molar refractivity (Wildman–Crippen MR) is 92.5 cm³/mol. The van der Waals surface area contributed by atoms with Crippen LogP contribution in [0.25, 0.3) is 5.69 Å². The van der Waals surface area contributed by atoms with Crippen LogP contribution < -0.4 is 10.6 Å². The molecule has 0 aliphatic carbocycles. The number of urea groups is 1. The van der Waals surface area contributed by atoms with Gasteiger partial charge in [0.05, 0.1) is 10.7 Å². The lowest BCUT2D eigenvalue weighted by atomic mass is 10.3. The third kappa shape index (κ3) is 3.75. The minimum absolute atomic E-state index is 0.304. The molecule has 0 fully saturated rings. The quantitative estimate of drug-likeness (QED) is 0.747. The van der Waals surface area contributed by atoms with Gasteiger partial charge in [0.25, 0.3) is 0 Å². The summed E-state index contributed by atoms with van der Waals surface area (Å²) in [5.74, 6) is 0.452. The number of halogens is 1. The molecule has 3 aromatic rings. The van der Waals surface area contributed by atoms with E-state index >= 15 is 0 Å². The normalized spacial score (nSPS) is 10.6. The highest BCUT2D eigenvalue weighted by molar-refractivity contribution is 6.32. The second-order valence-corrected chi connectivity index (χ2v) is 5.58. The van der Waals surface area contributed by atoms with Crippen LogP contribution in [0, 0.1) is 0 Å². The molecule has 0 bridgehead atoms. The minimum Gasteiger partial charge on any atom is -0.337 e. The third-order valence-corrected chi connectivity index (χ3v) is 3.84. The number of aromatic nitrogens is 4. The number of amides is 2. The van der Waals surface area contributed by atoms with Crippen molar-refractivity contribution in [3.8, 4) is 5.69 Å². The maximum Gasteiger partial charge on any atom is 0.320 e. The fourth-order valence-electron chi connectivity index (χ4n) is 2.27. The van der Waals surface area contributed by atoms with Crippen LogP contribution in [0.3, 0.4) is 0 Å². The first-order chi connectivity index (χ1) is 11.6. The van der Waals surface area contributed by atoms with E-state index in [2.05, 4.69) is 20.8 Å². The summed E-state index contributed by atoms with van der Waals surface area (Å²) in [6, 6.07) is 10.7. The van der Waals surface area contributed by atoms with Crippen LogP contribution in [-0.4, -0.2) is 32.1 Å². The second kappa shape index (κ2) is 7.18. The van der Waals surface area contributed by atoms with Gasteiger partial charge in [0.15, 0.2) is 5.82 Å². The fraction of sp³-hybridized carbons (Fsp3) is 0.188. The molecule has 1 aromatic carbocycles. The van der Waals surface area contributed by atoms with Crippen molar-refractivity contribution in [1.29, 1.82) is 0 Å². The summed E-state index contributed by atoms with van der Waals surface area (Å²) in [5, 5.41) is 14.5. The Morgan fingerprint density at radius 2 is 2.08 bits per heavy atom. The van der Waals surface area contributed by atoms with Gasteiger partial charge in [-0.05, 0) is 18.2 Å². The van der Waals surface area contributed by atoms with Crippen LogP contribution in [0.2, 0.25) is 5.02 Å². The van der Waals surface area contributed by atoms with Crippen molar-refractivity contribution < 1.29 is 4.79 Å². The highest BCUT2D eigenvalue weighted by atomic mass is 35.5. The van der Waals surface area contributed by atoms with Gasteiger partial charge >= 0.3 is 6.03 Å². The van der Waals surface area contributed by atoms with Gasteiger partial charge in [-0.3, -0.25) is 10.00 Å². The lowest BCUT2D eigenvalue weighted by Gasteiger charge is -2.06. The smallest absolute Gasteiger partial charge is 0.320 e. The Labute approximate surface area is 144 Å². The van der Waals surface area contributed by atoms with Crippen LogP contribution >= 0.6 is 11.6 Å². The topological polar surface area (TPSA) is 76.8 Å². The van der Waals surface area contributed by atoms with Gasteiger partial charge in [-0.2, -0.15) is 5.10 Å². The fourth-order valence-corrected chi connectivity index (χ4v) is 2.50. The molecule has 8 heteroatoms. The van der Waals surface area contributed by atoms with Gasteiger partial charge in [-0.1, -0.05) is 23.7 Å². The van der Waals surface area contributed by atoms with E-state index in [0.717, 1.165) is 11.4 Å². The summed E-state index contributed by atoms with van der Waals surface area (Å²) in [7, 11) is 1.87. The molecular formula is C16H17ClN6O. The monoisotopic (exact) mass is 344 g/mol. The van der Waals surface area contributed by atoms with E-state index in [9.17, 15) is 4.79 Å². The highest BCUT2D eigenvalue weighted by Crippen LogP contribution is 2.19. The molecule has 2 heterocycles. The Bertz CT molecular complexity index is 840. The van der Waals surface area contributed by atoms with Crippen molar-refractivity contribution in [3.05, 3.63) is 59.5 Å². The van der Waals surface area contributed by atoms with E-state index in [-0.39, 0.29) is 6.03 Å². The number of aryl methyl sites for hydroxylation is 1. The standard InChI is InChI=1S/C16H17ClN6O/c1-22-12(7-10-19-22)6-9-18-16(24)20-15-8-11-23(21-15)14-5-3-2-4-13(14)17/h2-5,7-8,10-11H,6,9H2,1H3,(H2,18,20,21,24). The zero-order valence-corrected chi connectivity index (χ0v) is 13.9. The summed E-state index contributed by atoms with van der Waals surface area (Å²) in [4.78, 5) is 11.9. The van der Waals surface area contributed by atoms with Gasteiger partial charge in [0, 0.05) is 44.2 Å². The maximum absolute atomic E-state index is 11.9. The molecule has 0 saturated heterocycles. The first-order valence-corrected chi connectivity index (χ1v) is 7.83. The van der Waals surface area contributed by atoms with Gasteiger partial charge < -0.3 is 5.32 Å². The van der Waals surface area contributed by atoms with E-state index in [4.69, 9.17) is 11.6 Å². The molecule has 0 spiro atoms. The van der Waals surface area contributed by atoms with Gasteiger partial charge in [-0.25, -0.2) is 9.48 Å². The van der Waals surface area contributed by atoms with E-state index in [0.29, 0.717) is 23.8 Å². The van der Waals surface area contributed by atoms with E-state index in [1.165, 1.54) is 0 Å². The molecule has 0 aliphatic heterocycles. The number of hydrogen-bond acceptors (Lipinski definition) is 3. The maximum atomic E-state index is 11.9. The molecular weight excluding hydrogens is 328 g/mol. The minimum atomic E-state index is -0.304. The number of nitrogens with one attached hydrogen (secondary N) is 2. The van der Waals surface area contributed by atoms with Crippen molar-refractivity contribution in [1.82, 2.24) is 24.9 Å². The third-order valence-electron chi connectivity index (χ3n) is 3.52.